The molecule has 2 amide bonds. The van der Waals surface area contributed by atoms with Crippen LogP contribution in [0, 0.1) is 0 Å². The van der Waals surface area contributed by atoms with E-state index in [-0.39, 0.29) is 24.0 Å². The van der Waals surface area contributed by atoms with E-state index in [0.717, 1.165) is 10.9 Å². The molecule has 0 radical (unpaired) electrons. The Morgan fingerprint density at radius 3 is 2.44 bits per heavy atom. The third-order valence-corrected chi connectivity index (χ3v) is 4.56. The van der Waals surface area contributed by atoms with Crippen LogP contribution in [0.1, 0.15) is 16.1 Å². The molecule has 1 aliphatic heterocycles. The van der Waals surface area contributed by atoms with Gasteiger partial charge >= 0.3 is 0 Å². The third-order valence-electron chi connectivity index (χ3n) is 4.56. The van der Waals surface area contributed by atoms with E-state index in [2.05, 4.69) is 5.32 Å². The van der Waals surface area contributed by atoms with Gasteiger partial charge in [0.2, 0.25) is 11.7 Å². The van der Waals surface area contributed by atoms with Crippen molar-refractivity contribution in [2.75, 3.05) is 31.6 Å². The predicted molar refractivity (Wildman–Crippen MR) is 102 cm³/mol. The Morgan fingerprint density at radius 2 is 1.67 bits per heavy atom. The molecule has 6 nitrogen and oxygen atoms in total. The van der Waals surface area contributed by atoms with Crippen molar-refractivity contribution in [1.82, 2.24) is 4.90 Å². The highest BCUT2D eigenvalue weighted by Gasteiger charge is 2.27. The molecule has 138 valence electrons. The molecule has 0 aliphatic carbocycles. The van der Waals surface area contributed by atoms with Gasteiger partial charge in [-0.25, -0.2) is 0 Å². The van der Waals surface area contributed by atoms with E-state index in [1.807, 2.05) is 48.5 Å². The van der Waals surface area contributed by atoms with Crippen molar-refractivity contribution in [2.24, 2.45) is 0 Å². The molecule has 0 spiro atoms. The summed E-state index contributed by atoms with van der Waals surface area (Å²) < 4.78 is 11.1. The second-order valence-corrected chi connectivity index (χ2v) is 6.42. The second-order valence-electron chi connectivity index (χ2n) is 6.42. The normalized spacial score (nSPS) is 14.3. The first-order valence-electron chi connectivity index (χ1n) is 8.95. The van der Waals surface area contributed by atoms with E-state index in [1.165, 1.54) is 0 Å². The number of hydrogen-bond donors (Lipinski definition) is 1. The Morgan fingerprint density at radius 1 is 0.963 bits per heavy atom. The molecular formula is C21H20N2O4. The van der Waals surface area contributed by atoms with Crippen molar-refractivity contribution in [3.05, 3.63) is 65.9 Å². The standard InChI is InChI=1S/C21H20N2O4/c24-18(14-15-6-2-1-3-7-15)22-19-16-8-4-5-9-17(16)27-20(19)21(25)23-10-12-26-13-11-23/h1-9H,10-14H2,(H,22,24). The smallest absolute Gasteiger partial charge is 0.291 e. The van der Waals surface area contributed by atoms with Gasteiger partial charge in [-0.3, -0.25) is 9.59 Å². The summed E-state index contributed by atoms with van der Waals surface area (Å²) >= 11 is 0. The fraction of sp³-hybridized carbons (Fsp3) is 0.238. The Kier molecular flexibility index (Phi) is 4.89. The van der Waals surface area contributed by atoms with E-state index < -0.39 is 0 Å². The molecule has 1 saturated heterocycles. The summed E-state index contributed by atoms with van der Waals surface area (Å²) in [6, 6.07) is 16.8. The van der Waals surface area contributed by atoms with Gasteiger partial charge in [-0.05, 0) is 17.7 Å². The summed E-state index contributed by atoms with van der Waals surface area (Å²) in [6.07, 6.45) is 0.228. The number of nitrogens with one attached hydrogen (secondary N) is 1. The number of rotatable bonds is 4. The number of para-hydroxylation sites is 1. The molecule has 1 N–H and O–H groups in total. The highest BCUT2D eigenvalue weighted by molar-refractivity contribution is 6.11. The van der Waals surface area contributed by atoms with Crippen LogP contribution in [0.15, 0.2) is 59.0 Å². The highest BCUT2D eigenvalue weighted by Crippen LogP contribution is 2.32. The molecule has 1 fully saturated rings. The first-order valence-corrected chi connectivity index (χ1v) is 8.95. The van der Waals surface area contributed by atoms with E-state index in [1.54, 1.807) is 11.0 Å². The second kappa shape index (κ2) is 7.63. The van der Waals surface area contributed by atoms with Gasteiger partial charge in [0.05, 0.1) is 19.6 Å². The Hall–Kier alpha value is -3.12. The lowest BCUT2D eigenvalue weighted by molar-refractivity contribution is -0.115. The number of amides is 2. The van der Waals surface area contributed by atoms with Crippen LogP contribution in [0.25, 0.3) is 11.0 Å². The zero-order valence-electron chi connectivity index (χ0n) is 14.8. The summed E-state index contributed by atoms with van der Waals surface area (Å²) in [5.41, 5.74) is 1.91. The topological polar surface area (TPSA) is 71.8 Å². The van der Waals surface area contributed by atoms with Crippen molar-refractivity contribution in [3.63, 3.8) is 0 Å². The van der Waals surface area contributed by atoms with Crippen molar-refractivity contribution >= 4 is 28.5 Å². The van der Waals surface area contributed by atoms with Crippen LogP contribution in [0.5, 0.6) is 0 Å². The van der Waals surface area contributed by atoms with Crippen LogP contribution in [0.3, 0.4) is 0 Å². The third kappa shape index (κ3) is 3.71. The van der Waals surface area contributed by atoms with E-state index in [4.69, 9.17) is 9.15 Å². The van der Waals surface area contributed by atoms with Gasteiger partial charge < -0.3 is 19.4 Å². The van der Waals surface area contributed by atoms with Gasteiger partial charge in [-0.2, -0.15) is 0 Å². The number of morpholine rings is 1. The van der Waals surface area contributed by atoms with Crippen LogP contribution in [-0.2, 0) is 16.0 Å². The molecule has 2 aromatic carbocycles. The lowest BCUT2D eigenvalue weighted by Crippen LogP contribution is -2.40. The lowest BCUT2D eigenvalue weighted by atomic mass is 10.1. The van der Waals surface area contributed by atoms with Gasteiger partial charge in [0, 0.05) is 18.5 Å². The molecule has 0 unspecified atom stereocenters. The number of carbonyl (C=O) groups is 2. The molecular weight excluding hydrogens is 344 g/mol. The maximum absolute atomic E-state index is 13.0. The van der Waals surface area contributed by atoms with Gasteiger partial charge in [0.15, 0.2) is 0 Å². The largest absolute Gasteiger partial charge is 0.449 e. The maximum atomic E-state index is 13.0. The monoisotopic (exact) mass is 364 g/mol. The van der Waals surface area contributed by atoms with Gasteiger partial charge in [0.25, 0.3) is 5.91 Å². The zero-order chi connectivity index (χ0) is 18.6. The molecule has 2 heterocycles. The average molecular weight is 364 g/mol. The summed E-state index contributed by atoms with van der Waals surface area (Å²) in [5.74, 6) is -0.257. The number of ether oxygens (including phenoxy) is 1. The Labute approximate surface area is 156 Å². The first kappa shape index (κ1) is 17.3. The summed E-state index contributed by atoms with van der Waals surface area (Å²) in [5, 5.41) is 3.61. The van der Waals surface area contributed by atoms with Crippen LogP contribution in [0.4, 0.5) is 5.69 Å². The molecule has 4 rings (SSSR count). The van der Waals surface area contributed by atoms with Crippen molar-refractivity contribution in [3.8, 4) is 0 Å². The number of anilines is 1. The number of carbonyl (C=O) groups excluding carboxylic acids is 2. The number of nitrogens with zero attached hydrogens (tertiary/aromatic N) is 1. The first-order chi connectivity index (χ1) is 13.2. The number of fused-ring (bicyclic) bond motifs is 1. The van der Waals surface area contributed by atoms with Gasteiger partial charge in [-0.15, -0.1) is 0 Å². The molecule has 1 aliphatic rings. The maximum Gasteiger partial charge on any atom is 0.291 e. The minimum absolute atomic E-state index is 0.166. The highest BCUT2D eigenvalue weighted by atomic mass is 16.5. The van der Waals surface area contributed by atoms with Crippen molar-refractivity contribution in [1.29, 1.82) is 0 Å². The molecule has 0 atom stereocenters. The van der Waals surface area contributed by atoms with Gasteiger partial charge in [-0.1, -0.05) is 42.5 Å². The average Bonchev–Trinajstić information content (AvgIpc) is 3.07. The zero-order valence-corrected chi connectivity index (χ0v) is 14.8. The molecule has 27 heavy (non-hydrogen) atoms. The van der Waals surface area contributed by atoms with Crippen molar-refractivity contribution in [2.45, 2.75) is 6.42 Å². The van der Waals surface area contributed by atoms with Crippen LogP contribution in [0.2, 0.25) is 0 Å². The summed E-state index contributed by atoms with van der Waals surface area (Å²) in [6.45, 7) is 2.02. The minimum atomic E-state index is -0.232. The van der Waals surface area contributed by atoms with E-state index >= 15 is 0 Å². The van der Waals surface area contributed by atoms with E-state index in [0.29, 0.717) is 37.6 Å². The summed E-state index contributed by atoms with van der Waals surface area (Å²) in [4.78, 5) is 27.2. The fourth-order valence-electron chi connectivity index (χ4n) is 3.20. The van der Waals surface area contributed by atoms with E-state index in [9.17, 15) is 9.59 Å². The van der Waals surface area contributed by atoms with Crippen molar-refractivity contribution < 1.29 is 18.7 Å². The lowest BCUT2D eigenvalue weighted by Gasteiger charge is -2.26. The molecule has 0 saturated carbocycles. The number of hydrogen-bond acceptors (Lipinski definition) is 4. The van der Waals surface area contributed by atoms with Crippen LogP contribution >= 0.6 is 0 Å². The molecule has 6 heteroatoms. The molecule has 1 aromatic heterocycles. The van der Waals surface area contributed by atoms with Crippen LogP contribution in [-0.4, -0.2) is 43.0 Å². The quantitative estimate of drug-likeness (QED) is 0.772. The number of furan rings is 1. The SMILES string of the molecule is O=C(Cc1ccccc1)Nc1c(C(=O)N2CCOCC2)oc2ccccc12. The molecule has 0 bridgehead atoms. The fourth-order valence-corrected chi connectivity index (χ4v) is 3.20. The van der Waals surface area contributed by atoms with Gasteiger partial charge in [0.1, 0.15) is 11.3 Å². The molecule has 3 aromatic rings. The minimum Gasteiger partial charge on any atom is -0.449 e. The van der Waals surface area contributed by atoms with Crippen LogP contribution < -0.4 is 5.32 Å². The number of benzene rings is 2. The summed E-state index contributed by atoms with van der Waals surface area (Å²) in [7, 11) is 0. The Balaban J connectivity index is 1.63. The predicted octanol–water partition coefficient (Wildman–Crippen LogP) is 3.09. The Bertz CT molecular complexity index is 959.